The van der Waals surface area contributed by atoms with E-state index in [0.717, 1.165) is 0 Å². The number of carbonyl (C=O) groups excluding carboxylic acids is 1. The third kappa shape index (κ3) is 5.43. The van der Waals surface area contributed by atoms with Gasteiger partial charge < -0.3 is 4.74 Å². The van der Waals surface area contributed by atoms with Gasteiger partial charge >= 0.3 is 30.6 Å². The third-order valence-electron chi connectivity index (χ3n) is 1.25. The molecule has 0 amide bonds. The Morgan fingerprint density at radius 2 is 1.53 bits per heavy atom. The predicted molar refractivity (Wildman–Crippen MR) is 48.7 cm³/mol. The van der Waals surface area contributed by atoms with E-state index in [1.165, 1.54) is 0 Å². The van der Waals surface area contributed by atoms with Crippen LogP contribution in [0.5, 0.6) is 0 Å². The van der Waals surface area contributed by atoms with Crippen LogP contribution in [-0.4, -0.2) is 37.7 Å². The van der Waals surface area contributed by atoms with Crippen LogP contribution in [0, 0.1) is 0 Å². The maximum absolute atomic E-state index is 11.9. The van der Waals surface area contributed by atoms with Gasteiger partial charge in [0.15, 0.2) is 0 Å². The number of esters is 1. The zero-order chi connectivity index (χ0) is 21.1. The molecule has 0 spiro atoms. The highest BCUT2D eigenvalue weighted by Gasteiger charge is 2.68. The van der Waals surface area contributed by atoms with E-state index in [4.69, 9.17) is 8.22 Å². The summed E-state index contributed by atoms with van der Waals surface area (Å²) in [7, 11) is -0.589. The van der Waals surface area contributed by atoms with Crippen LogP contribution in [0.3, 0.4) is 0 Å². The minimum Gasteiger partial charge on any atom is -0.466 e. The first kappa shape index (κ1) is 10.4. The molecule has 0 aliphatic rings. The number of rotatable bonds is 4. The summed E-state index contributed by atoms with van der Waals surface area (Å²) >= 11 is 0. The van der Waals surface area contributed by atoms with E-state index in [1.54, 1.807) is 0 Å². The van der Waals surface area contributed by atoms with Crippen molar-refractivity contribution in [1.29, 1.82) is 0 Å². The van der Waals surface area contributed by atoms with E-state index in [-0.39, 0.29) is 0 Å². The minimum absolute atomic E-state index is 0.589. The molecule has 0 bridgehead atoms. The second kappa shape index (κ2) is 7.29. The number of hydrogen-bond acceptors (Lipinski definition) is 2. The van der Waals surface area contributed by atoms with Gasteiger partial charge in [0, 0.05) is 9.69 Å². The van der Waals surface area contributed by atoms with Gasteiger partial charge in [0.1, 0.15) is 2.74 Å². The van der Waals surface area contributed by atoms with Crippen LogP contribution in [0.1, 0.15) is 15.1 Å². The maximum Gasteiger partial charge on any atom is 0.375 e. The number of hydrogen-bond donors (Lipinski definition) is 0. The molecule has 114 valence electrons. The SMILES string of the molecule is [2H]C(F)(F)C(F)(F)C(F)(F)C([2H])(F)F.[2H]COC(=O)C(=C)C([2H])([2H])[2H]. The van der Waals surface area contributed by atoms with Gasteiger partial charge in [-0.3, -0.25) is 0 Å². The molecule has 0 aromatic heterocycles. The van der Waals surface area contributed by atoms with Gasteiger partial charge in [-0.15, -0.1) is 0 Å². The summed E-state index contributed by atoms with van der Waals surface area (Å²) in [5.74, 6) is -14.3. The molecule has 0 aliphatic carbocycles. The molecule has 0 saturated carbocycles. The standard InChI is InChI=1S/C5H8O2.C4H2F8/c1-4(2)5(6)7-3;5-1(6)3(9,10)4(11,12)2(7)8/h1H2,2-3H3;1-2H/i2D3,3D;1D,2D. The van der Waals surface area contributed by atoms with E-state index in [2.05, 4.69) is 11.3 Å². The fraction of sp³-hybridized carbons (Fsp3) is 0.667. The van der Waals surface area contributed by atoms with Gasteiger partial charge in [0.2, 0.25) is 0 Å². The van der Waals surface area contributed by atoms with E-state index < -0.39 is 50.1 Å². The van der Waals surface area contributed by atoms with E-state index in [1.807, 2.05) is 0 Å². The second-order valence-corrected chi connectivity index (χ2v) is 2.58. The average molecular weight is 308 g/mol. The maximum atomic E-state index is 11.9. The van der Waals surface area contributed by atoms with Crippen molar-refractivity contribution < 1.29 is 52.9 Å². The van der Waals surface area contributed by atoms with Crippen molar-refractivity contribution in [3.05, 3.63) is 12.2 Å². The molecular weight excluding hydrogens is 292 g/mol. The van der Waals surface area contributed by atoms with Gasteiger partial charge in [0.25, 0.3) is 0 Å². The van der Waals surface area contributed by atoms with Gasteiger partial charge in [-0.1, -0.05) is 6.58 Å². The quantitative estimate of drug-likeness (QED) is 0.451. The molecule has 0 aromatic carbocycles. The van der Waals surface area contributed by atoms with Crippen LogP contribution in [0.15, 0.2) is 12.2 Å². The normalized spacial score (nSPS) is 18.3. The van der Waals surface area contributed by atoms with E-state index in [9.17, 15) is 39.9 Å². The highest BCUT2D eigenvalue weighted by molar-refractivity contribution is 5.86. The van der Waals surface area contributed by atoms with E-state index in [0.29, 0.717) is 0 Å². The number of carbonyl (C=O) groups is 1. The van der Waals surface area contributed by atoms with Crippen molar-refractivity contribution in [2.24, 2.45) is 0 Å². The average Bonchev–Trinajstić information content (AvgIpc) is 2.34. The number of alkyl halides is 8. The van der Waals surface area contributed by atoms with Crippen molar-refractivity contribution in [1.82, 2.24) is 0 Å². The Bertz CT molecular complexity index is 458. The summed E-state index contributed by atoms with van der Waals surface area (Å²) < 4.78 is 135. The molecule has 2 nitrogen and oxygen atoms in total. The molecule has 0 heterocycles. The molecule has 0 N–H and O–H groups in total. The fourth-order valence-electron chi connectivity index (χ4n) is 0.324. The van der Waals surface area contributed by atoms with Crippen LogP contribution in [0.4, 0.5) is 35.1 Å². The largest absolute Gasteiger partial charge is 0.466 e. The molecule has 0 aliphatic heterocycles. The lowest BCUT2D eigenvalue weighted by Crippen LogP contribution is -2.51. The smallest absolute Gasteiger partial charge is 0.375 e. The lowest BCUT2D eigenvalue weighted by Gasteiger charge is -2.24. The Labute approximate surface area is 111 Å². The minimum atomic E-state index is -6.62. The number of methoxy groups -OCH3 is 1. The van der Waals surface area contributed by atoms with Gasteiger partial charge in [-0.25, -0.2) is 22.4 Å². The lowest BCUT2D eigenvalue weighted by molar-refractivity contribution is -0.303. The summed E-state index contributed by atoms with van der Waals surface area (Å²) in [6.07, 6.45) is -12.2. The number of halogens is 8. The molecule has 0 fully saturated rings. The highest BCUT2D eigenvalue weighted by Crippen LogP contribution is 2.42. The summed E-state index contributed by atoms with van der Waals surface area (Å²) in [6, 6.07) is 0. The lowest BCUT2D eigenvalue weighted by atomic mass is 10.2. The molecule has 0 aromatic rings. The Kier molecular flexibility index (Phi) is 4.01. The van der Waals surface area contributed by atoms with Crippen LogP contribution in [-0.2, 0) is 9.53 Å². The molecule has 0 radical (unpaired) electrons. The molecule has 0 saturated heterocycles. The topological polar surface area (TPSA) is 26.3 Å². The van der Waals surface area contributed by atoms with Crippen molar-refractivity contribution in [2.75, 3.05) is 7.09 Å². The van der Waals surface area contributed by atoms with Crippen molar-refractivity contribution in [3.63, 3.8) is 0 Å². The monoisotopic (exact) mass is 308 g/mol. The second-order valence-electron chi connectivity index (χ2n) is 2.58. The molecule has 0 rings (SSSR count). The molecule has 19 heavy (non-hydrogen) atoms. The first-order valence-electron chi connectivity index (χ1n) is 7.02. The highest BCUT2D eigenvalue weighted by atomic mass is 19.4. The van der Waals surface area contributed by atoms with Crippen LogP contribution in [0.25, 0.3) is 0 Å². The third-order valence-corrected chi connectivity index (χ3v) is 1.25. The van der Waals surface area contributed by atoms with Gasteiger partial charge in [-0.2, -0.15) is 17.6 Å². The summed E-state index contributed by atoms with van der Waals surface area (Å²) in [4.78, 5) is 10.6. The summed E-state index contributed by atoms with van der Waals surface area (Å²) in [5.41, 5.74) is -0.593. The van der Waals surface area contributed by atoms with Gasteiger partial charge in [0.05, 0.1) is 8.46 Å². The first-order chi connectivity index (χ1) is 10.6. The van der Waals surface area contributed by atoms with Crippen molar-refractivity contribution in [2.45, 2.75) is 31.5 Å². The van der Waals surface area contributed by atoms with E-state index >= 15 is 0 Å². The molecule has 0 unspecified atom stereocenters. The molecular formula is C9H10F8O2. The van der Waals surface area contributed by atoms with Crippen molar-refractivity contribution >= 4 is 5.97 Å². The Morgan fingerprint density at radius 1 is 1.16 bits per heavy atom. The zero-order valence-corrected chi connectivity index (χ0v) is 8.75. The summed E-state index contributed by atoms with van der Waals surface area (Å²) in [6.45, 7) is 0.503. The molecule has 10 heteroatoms. The molecule has 0 atom stereocenters. The first-order valence-corrected chi connectivity index (χ1v) is 3.81. The zero-order valence-electron chi connectivity index (χ0n) is 14.8. The van der Waals surface area contributed by atoms with Crippen LogP contribution in [0.2, 0.25) is 0 Å². The van der Waals surface area contributed by atoms with Crippen molar-refractivity contribution in [3.8, 4) is 0 Å². The van der Waals surface area contributed by atoms with Crippen LogP contribution >= 0.6 is 0 Å². The Hall–Kier alpha value is -1.35. The predicted octanol–water partition coefficient (Wildman–Crippen LogP) is 3.52. The fourth-order valence-corrected chi connectivity index (χ4v) is 0.324. The Balaban J connectivity index is 0. The van der Waals surface area contributed by atoms with Gasteiger partial charge in [-0.05, 0) is 6.85 Å². The summed E-state index contributed by atoms with van der Waals surface area (Å²) in [5, 5.41) is 0. The van der Waals surface area contributed by atoms with Crippen LogP contribution < -0.4 is 0 Å². The Morgan fingerprint density at radius 3 is 1.74 bits per heavy atom. The number of ether oxygens (including phenoxy) is 1.